The Morgan fingerprint density at radius 3 is 1.34 bits per heavy atom. The van der Waals surface area contributed by atoms with Crippen molar-refractivity contribution < 1.29 is 30.8 Å². The molecule has 0 saturated carbocycles. The molecule has 4 aromatic heterocycles. The van der Waals surface area contributed by atoms with Crippen LogP contribution in [0.2, 0.25) is 0 Å². The highest BCUT2D eigenvalue weighted by Crippen LogP contribution is 2.47. The fourth-order valence-electron chi connectivity index (χ4n) is 9.11. The Bertz CT molecular complexity index is 3850. The molecule has 12 rings (SSSR count). The molecule has 10 heteroatoms. The van der Waals surface area contributed by atoms with Gasteiger partial charge in [-0.15, -0.1) is 0 Å². The first-order chi connectivity index (χ1) is 28.8. The van der Waals surface area contributed by atoms with Gasteiger partial charge in [-0.1, -0.05) is 72.8 Å². The quantitative estimate of drug-likeness (QED) is 0.102. The molecule has 0 saturated heterocycles. The molecule has 280 valence electrons. The zero-order chi connectivity index (χ0) is 39.8. The predicted octanol–water partition coefficient (Wildman–Crippen LogP) is 13.9. The van der Waals surface area contributed by atoms with Gasteiger partial charge < -0.3 is 18.0 Å². The number of rotatable bonds is 3. The van der Waals surface area contributed by atoms with Gasteiger partial charge in [0.05, 0.1) is 61.4 Å². The van der Waals surface area contributed by atoms with Gasteiger partial charge in [-0.3, -0.25) is 0 Å². The number of furan rings is 2. The summed E-state index contributed by atoms with van der Waals surface area (Å²) in [6.07, 6.45) is 0. The molecule has 4 heterocycles. The van der Waals surface area contributed by atoms with Crippen LogP contribution in [0.1, 0.15) is 5.56 Å². The molecule has 0 aliphatic carbocycles. The summed E-state index contributed by atoms with van der Waals surface area (Å²) in [7, 11) is 0. The first-order valence-corrected chi connectivity index (χ1v) is 18.6. The summed E-state index contributed by atoms with van der Waals surface area (Å²) in [5.41, 5.74) is 3.94. The molecule has 8 aromatic carbocycles. The standard InChI is InChI=1S/C49H22F5N3O2/c50-43-42(44(51)46(53)47(54)45(43)52)31-22-35(57-33-14-6-2-10-26(33)28-18-20-39-41(49(28)57)30-12-4-8-16-37(30)59-39)34(21-24(31)23-55)56-32-13-5-1-9-25(32)27-17-19-38-40(48(27)56)29-11-3-7-15-36(29)58-38/h1-22H. The Labute approximate surface area is 328 Å². The maximum atomic E-state index is 15.9. The molecule has 0 aliphatic rings. The van der Waals surface area contributed by atoms with Crippen LogP contribution in [0.3, 0.4) is 0 Å². The Hall–Kier alpha value is -7.90. The smallest absolute Gasteiger partial charge is 0.200 e. The number of halogens is 5. The molecule has 0 N–H and O–H groups in total. The van der Waals surface area contributed by atoms with Crippen molar-refractivity contribution in [2.75, 3.05) is 0 Å². The molecule has 0 aliphatic heterocycles. The third kappa shape index (κ3) is 4.30. The Morgan fingerprint density at radius 2 is 0.847 bits per heavy atom. The Kier molecular flexibility index (Phi) is 6.66. The van der Waals surface area contributed by atoms with Gasteiger partial charge in [0.1, 0.15) is 22.3 Å². The van der Waals surface area contributed by atoms with Gasteiger partial charge in [-0.05, 0) is 60.7 Å². The molecule has 0 fully saturated rings. The zero-order valence-electron chi connectivity index (χ0n) is 30.2. The number of aromatic nitrogens is 2. The topological polar surface area (TPSA) is 59.9 Å². The van der Waals surface area contributed by atoms with Gasteiger partial charge in [0.2, 0.25) is 5.82 Å². The summed E-state index contributed by atoms with van der Waals surface area (Å²) in [6, 6.07) is 43.1. The lowest BCUT2D eigenvalue weighted by atomic mass is 9.96. The van der Waals surface area contributed by atoms with Crippen LogP contribution in [0.25, 0.3) is 110 Å². The van der Waals surface area contributed by atoms with E-state index in [1.54, 1.807) is 0 Å². The minimum Gasteiger partial charge on any atom is -0.456 e. The third-order valence-electron chi connectivity index (χ3n) is 11.5. The van der Waals surface area contributed by atoms with E-state index in [4.69, 9.17) is 8.83 Å². The average Bonchev–Trinajstić information content (AvgIpc) is 4.02. The molecular formula is C49H22F5N3O2. The lowest BCUT2D eigenvalue weighted by molar-refractivity contribution is 0.381. The van der Waals surface area contributed by atoms with Crippen molar-refractivity contribution >= 4 is 87.5 Å². The van der Waals surface area contributed by atoms with Crippen molar-refractivity contribution in [1.29, 1.82) is 5.26 Å². The summed E-state index contributed by atoms with van der Waals surface area (Å²) >= 11 is 0. The molecule has 5 nitrogen and oxygen atoms in total. The monoisotopic (exact) mass is 779 g/mol. The second kappa shape index (κ2) is 11.8. The first kappa shape index (κ1) is 33.3. The minimum atomic E-state index is -2.29. The van der Waals surface area contributed by atoms with Crippen LogP contribution < -0.4 is 0 Å². The summed E-state index contributed by atoms with van der Waals surface area (Å²) in [4.78, 5) is 0. The molecule has 0 unspecified atom stereocenters. The number of nitrogens with zero attached hydrogens (tertiary/aromatic N) is 3. The van der Waals surface area contributed by atoms with Crippen molar-refractivity contribution in [3.8, 4) is 28.6 Å². The van der Waals surface area contributed by atoms with Crippen LogP contribution in [0.5, 0.6) is 0 Å². The van der Waals surface area contributed by atoms with E-state index in [0.29, 0.717) is 44.7 Å². The summed E-state index contributed by atoms with van der Waals surface area (Å²) < 4.78 is 93.1. The van der Waals surface area contributed by atoms with E-state index < -0.39 is 40.2 Å². The predicted molar refractivity (Wildman–Crippen MR) is 220 cm³/mol. The first-order valence-electron chi connectivity index (χ1n) is 18.6. The fourth-order valence-corrected chi connectivity index (χ4v) is 9.11. The Balaban J connectivity index is 1.35. The molecule has 12 aromatic rings. The van der Waals surface area contributed by atoms with Crippen LogP contribution >= 0.6 is 0 Å². The van der Waals surface area contributed by atoms with Crippen molar-refractivity contribution in [3.05, 3.63) is 168 Å². The van der Waals surface area contributed by atoms with Gasteiger partial charge in [0.15, 0.2) is 23.3 Å². The lowest BCUT2D eigenvalue weighted by Gasteiger charge is -2.20. The van der Waals surface area contributed by atoms with E-state index in [1.807, 2.05) is 137 Å². The van der Waals surface area contributed by atoms with E-state index in [9.17, 15) is 9.65 Å². The van der Waals surface area contributed by atoms with E-state index in [0.717, 1.165) is 54.1 Å². The molecular weight excluding hydrogens is 758 g/mol. The van der Waals surface area contributed by atoms with Gasteiger partial charge in [0.25, 0.3) is 0 Å². The van der Waals surface area contributed by atoms with Gasteiger partial charge in [-0.25, -0.2) is 22.0 Å². The summed E-state index contributed by atoms with van der Waals surface area (Å²) in [5, 5.41) is 17.3. The van der Waals surface area contributed by atoms with Crippen LogP contribution in [0.4, 0.5) is 22.0 Å². The highest BCUT2D eigenvalue weighted by Gasteiger charge is 2.31. The number of para-hydroxylation sites is 4. The van der Waals surface area contributed by atoms with Crippen LogP contribution in [-0.4, -0.2) is 9.13 Å². The molecule has 0 spiro atoms. The number of hydrogen-bond acceptors (Lipinski definition) is 3. The van der Waals surface area contributed by atoms with Gasteiger partial charge in [-0.2, -0.15) is 5.26 Å². The highest BCUT2D eigenvalue weighted by atomic mass is 19.2. The Morgan fingerprint density at radius 1 is 0.424 bits per heavy atom. The van der Waals surface area contributed by atoms with Gasteiger partial charge >= 0.3 is 0 Å². The summed E-state index contributed by atoms with van der Waals surface area (Å²) in [5.74, 6) is -10.6. The normalized spacial score (nSPS) is 12.1. The van der Waals surface area contributed by atoms with Gasteiger partial charge in [0, 0.05) is 37.9 Å². The lowest BCUT2D eigenvalue weighted by Crippen LogP contribution is -2.08. The van der Waals surface area contributed by atoms with E-state index in [1.165, 1.54) is 12.1 Å². The average molecular weight is 780 g/mol. The highest BCUT2D eigenvalue weighted by molar-refractivity contribution is 6.26. The van der Waals surface area contributed by atoms with E-state index in [2.05, 4.69) is 0 Å². The maximum absolute atomic E-state index is 15.9. The third-order valence-corrected chi connectivity index (χ3v) is 11.5. The molecule has 59 heavy (non-hydrogen) atoms. The van der Waals surface area contributed by atoms with Crippen molar-refractivity contribution in [1.82, 2.24) is 9.13 Å². The SMILES string of the molecule is N#Cc1cc(-n2c3ccccc3c3ccc4oc5ccccc5c4c32)c(-n2c3ccccc3c3ccc4oc5ccccc5c4c32)cc1-c1c(F)c(F)c(F)c(F)c1F. The number of hydrogen-bond donors (Lipinski definition) is 0. The molecule has 0 bridgehead atoms. The van der Waals surface area contributed by atoms with Crippen LogP contribution in [0.15, 0.2) is 142 Å². The fraction of sp³-hybridized carbons (Fsp3) is 0. The second-order valence-electron chi connectivity index (χ2n) is 14.5. The largest absolute Gasteiger partial charge is 0.456 e. The molecule has 0 radical (unpaired) electrons. The number of fused-ring (bicyclic) bond motifs is 14. The van der Waals surface area contributed by atoms with E-state index in [-0.39, 0.29) is 5.56 Å². The maximum Gasteiger partial charge on any atom is 0.200 e. The van der Waals surface area contributed by atoms with Crippen LogP contribution in [-0.2, 0) is 0 Å². The van der Waals surface area contributed by atoms with E-state index >= 15 is 17.6 Å². The van der Waals surface area contributed by atoms with Crippen molar-refractivity contribution in [2.24, 2.45) is 0 Å². The number of benzene rings is 8. The van der Waals surface area contributed by atoms with Crippen LogP contribution in [0, 0.1) is 40.4 Å². The molecule has 0 amide bonds. The second-order valence-corrected chi connectivity index (χ2v) is 14.5. The minimum absolute atomic E-state index is 0.291. The number of nitriles is 1. The van der Waals surface area contributed by atoms with Crippen molar-refractivity contribution in [3.63, 3.8) is 0 Å². The summed E-state index contributed by atoms with van der Waals surface area (Å²) in [6.45, 7) is 0. The zero-order valence-corrected chi connectivity index (χ0v) is 30.2. The molecule has 0 atom stereocenters. The van der Waals surface area contributed by atoms with Crippen molar-refractivity contribution in [2.45, 2.75) is 0 Å².